The van der Waals surface area contributed by atoms with Crippen molar-refractivity contribution < 1.29 is 19.3 Å². The zero-order chi connectivity index (χ0) is 22.7. The van der Waals surface area contributed by atoms with Gasteiger partial charge < -0.3 is 25.1 Å². The molecule has 5 rings (SSSR count). The summed E-state index contributed by atoms with van der Waals surface area (Å²) in [6.07, 6.45) is 0.831. The first-order valence-electron chi connectivity index (χ1n) is 10.9. The molecule has 1 unspecified atom stereocenters. The fourth-order valence-corrected chi connectivity index (χ4v) is 4.16. The van der Waals surface area contributed by atoms with Crippen molar-refractivity contribution in [1.82, 2.24) is 14.6 Å². The normalized spacial score (nSPS) is 22.7. The Morgan fingerprint density at radius 3 is 2.42 bits per heavy atom. The molecule has 8 heteroatoms. The number of anilines is 1. The number of hydrogen-bond acceptors (Lipinski definition) is 7. The van der Waals surface area contributed by atoms with E-state index in [0.717, 1.165) is 11.1 Å². The van der Waals surface area contributed by atoms with Gasteiger partial charge in [0.15, 0.2) is 5.82 Å². The van der Waals surface area contributed by atoms with E-state index in [1.54, 1.807) is 16.6 Å². The van der Waals surface area contributed by atoms with Gasteiger partial charge in [0, 0.05) is 6.42 Å². The molecule has 1 fully saturated rings. The van der Waals surface area contributed by atoms with Crippen LogP contribution in [0.5, 0.6) is 0 Å². The van der Waals surface area contributed by atoms with Crippen molar-refractivity contribution in [2.45, 2.75) is 37.6 Å². The highest BCUT2D eigenvalue weighted by Gasteiger charge is 2.51. The minimum atomic E-state index is -1.72. The van der Waals surface area contributed by atoms with Gasteiger partial charge in [-0.05, 0) is 23.3 Å². The van der Waals surface area contributed by atoms with Crippen LogP contribution in [0.3, 0.4) is 0 Å². The number of ether oxygens (including phenoxy) is 3. The maximum atomic E-state index is 11.7. The zero-order valence-electron chi connectivity index (χ0n) is 18.1. The van der Waals surface area contributed by atoms with Crippen LogP contribution in [0, 0.1) is 0 Å². The first kappa shape index (κ1) is 21.5. The predicted molar refractivity (Wildman–Crippen MR) is 122 cm³/mol. The summed E-state index contributed by atoms with van der Waals surface area (Å²) in [5.41, 5.74) is 9.10. The van der Waals surface area contributed by atoms with Crippen LogP contribution in [-0.2, 0) is 33.2 Å². The molecule has 0 bridgehead atoms. The van der Waals surface area contributed by atoms with Crippen LogP contribution in [0.15, 0.2) is 79.1 Å². The molecule has 0 amide bonds. The highest BCUT2D eigenvalue weighted by Crippen LogP contribution is 2.40. The highest BCUT2D eigenvalue weighted by molar-refractivity contribution is 5.65. The van der Waals surface area contributed by atoms with Crippen molar-refractivity contribution in [2.24, 2.45) is 0 Å². The Kier molecular flexibility index (Phi) is 6.06. The molecule has 2 aromatic carbocycles. The van der Waals surface area contributed by atoms with Crippen LogP contribution in [0.2, 0.25) is 0 Å². The van der Waals surface area contributed by atoms with E-state index in [9.17, 15) is 5.11 Å². The molecule has 4 aromatic rings. The van der Waals surface area contributed by atoms with Crippen LogP contribution >= 0.6 is 0 Å². The average Bonchev–Trinajstić information content (AvgIpc) is 3.42. The van der Waals surface area contributed by atoms with E-state index in [-0.39, 0.29) is 6.10 Å². The Labute approximate surface area is 191 Å². The van der Waals surface area contributed by atoms with Gasteiger partial charge in [-0.3, -0.25) is 0 Å². The van der Waals surface area contributed by atoms with Crippen molar-refractivity contribution in [3.05, 3.63) is 95.9 Å². The molecule has 170 valence electrons. The van der Waals surface area contributed by atoms with Gasteiger partial charge in [0.2, 0.25) is 5.79 Å². The average molecular weight is 447 g/mol. The molecule has 8 nitrogen and oxygen atoms in total. The predicted octanol–water partition coefficient (Wildman–Crippen LogP) is 3.05. The van der Waals surface area contributed by atoms with Crippen molar-refractivity contribution in [3.8, 4) is 0 Å². The second-order valence-electron chi connectivity index (χ2n) is 8.12. The number of nitrogens with zero attached hydrogens (tertiary/aromatic N) is 3. The monoisotopic (exact) mass is 446 g/mol. The molecule has 0 saturated carbocycles. The molecule has 33 heavy (non-hydrogen) atoms. The number of fused-ring (bicyclic) bond motifs is 1. The summed E-state index contributed by atoms with van der Waals surface area (Å²) in [7, 11) is 0. The summed E-state index contributed by atoms with van der Waals surface area (Å²) in [6, 6.07) is 23.3. The van der Waals surface area contributed by atoms with E-state index >= 15 is 0 Å². The Bertz CT molecular complexity index is 1200. The molecular formula is C25H26N4O4. The quantitative estimate of drug-likeness (QED) is 0.429. The van der Waals surface area contributed by atoms with E-state index in [0.29, 0.717) is 43.3 Å². The molecule has 0 radical (unpaired) electrons. The number of aliphatic hydroxyl groups is 1. The van der Waals surface area contributed by atoms with Gasteiger partial charge in [-0.1, -0.05) is 60.7 Å². The lowest BCUT2D eigenvalue weighted by molar-refractivity contribution is -0.254. The number of benzene rings is 2. The Morgan fingerprint density at radius 2 is 1.70 bits per heavy atom. The van der Waals surface area contributed by atoms with Crippen LogP contribution in [0.25, 0.3) is 5.52 Å². The summed E-state index contributed by atoms with van der Waals surface area (Å²) < 4.78 is 19.8. The minimum Gasteiger partial charge on any atom is -0.382 e. The van der Waals surface area contributed by atoms with Crippen LogP contribution in [0.4, 0.5) is 5.82 Å². The molecule has 3 heterocycles. The molecule has 0 aliphatic carbocycles. The van der Waals surface area contributed by atoms with E-state index in [1.807, 2.05) is 60.7 Å². The molecule has 1 aliphatic rings. The Hall–Kier alpha value is -3.30. The number of rotatable bonds is 8. The van der Waals surface area contributed by atoms with E-state index in [1.165, 1.54) is 6.33 Å². The second-order valence-corrected chi connectivity index (χ2v) is 8.12. The molecular weight excluding hydrogens is 420 g/mol. The van der Waals surface area contributed by atoms with E-state index < -0.39 is 11.9 Å². The molecule has 3 N–H and O–H groups in total. The van der Waals surface area contributed by atoms with Crippen molar-refractivity contribution in [2.75, 3.05) is 12.3 Å². The molecule has 2 aromatic heterocycles. The highest BCUT2D eigenvalue weighted by atomic mass is 16.7. The zero-order valence-corrected chi connectivity index (χ0v) is 18.1. The third-order valence-corrected chi connectivity index (χ3v) is 5.82. The Balaban J connectivity index is 1.36. The van der Waals surface area contributed by atoms with Gasteiger partial charge in [0.25, 0.3) is 0 Å². The lowest BCUT2D eigenvalue weighted by atomic mass is 10.0. The van der Waals surface area contributed by atoms with Crippen LogP contribution < -0.4 is 5.73 Å². The molecule has 0 spiro atoms. The fourth-order valence-electron chi connectivity index (χ4n) is 4.16. The SMILES string of the molecule is Nc1ncnn2c(C3(O)O[C@H](COCc4ccccc4)C[C@H]3OCc3ccccc3)ccc12. The summed E-state index contributed by atoms with van der Waals surface area (Å²) in [6.45, 7) is 1.13. The lowest BCUT2D eigenvalue weighted by Crippen LogP contribution is -2.39. The van der Waals surface area contributed by atoms with Gasteiger partial charge >= 0.3 is 0 Å². The maximum Gasteiger partial charge on any atom is 0.237 e. The van der Waals surface area contributed by atoms with E-state index in [4.69, 9.17) is 19.9 Å². The van der Waals surface area contributed by atoms with Gasteiger partial charge in [0.05, 0.1) is 25.9 Å². The molecule has 3 atom stereocenters. The number of aromatic nitrogens is 3. The third kappa shape index (κ3) is 4.46. The van der Waals surface area contributed by atoms with Crippen LogP contribution in [-0.4, -0.2) is 38.5 Å². The number of hydrogen-bond donors (Lipinski definition) is 2. The van der Waals surface area contributed by atoms with Gasteiger partial charge in [0.1, 0.15) is 23.6 Å². The minimum absolute atomic E-state index is 0.322. The van der Waals surface area contributed by atoms with E-state index in [2.05, 4.69) is 10.1 Å². The topological polar surface area (TPSA) is 104 Å². The maximum absolute atomic E-state index is 11.7. The Morgan fingerprint density at radius 1 is 1.00 bits per heavy atom. The van der Waals surface area contributed by atoms with Crippen molar-refractivity contribution >= 4 is 11.3 Å². The lowest BCUT2D eigenvalue weighted by Gasteiger charge is -2.28. The molecule has 1 saturated heterocycles. The summed E-state index contributed by atoms with van der Waals surface area (Å²) in [5.74, 6) is -1.40. The van der Waals surface area contributed by atoms with Crippen LogP contribution in [0.1, 0.15) is 23.2 Å². The largest absolute Gasteiger partial charge is 0.382 e. The van der Waals surface area contributed by atoms with Gasteiger partial charge in [-0.25, -0.2) is 9.50 Å². The summed E-state index contributed by atoms with van der Waals surface area (Å²) in [4.78, 5) is 4.02. The third-order valence-electron chi connectivity index (χ3n) is 5.82. The molecule has 1 aliphatic heterocycles. The standard InChI is InChI=1S/C25H26N4O4/c26-24-21-11-12-22(29(21)28-17-27-24)25(30)23(32-15-19-9-5-2-6-10-19)13-20(33-25)16-31-14-18-7-3-1-4-8-18/h1-12,17,20,23,30H,13-16H2,(H2,26,27,28)/t20-,23+,25?/m0/s1. The summed E-state index contributed by atoms with van der Waals surface area (Å²) >= 11 is 0. The van der Waals surface area contributed by atoms with Gasteiger partial charge in [-0.2, -0.15) is 5.10 Å². The van der Waals surface area contributed by atoms with Gasteiger partial charge in [-0.15, -0.1) is 0 Å². The first-order chi connectivity index (χ1) is 16.1. The van der Waals surface area contributed by atoms with Crippen molar-refractivity contribution in [1.29, 1.82) is 0 Å². The second kappa shape index (κ2) is 9.29. The fraction of sp³-hybridized carbons (Fsp3) is 0.280. The number of nitrogen functional groups attached to an aromatic ring is 1. The first-order valence-corrected chi connectivity index (χ1v) is 10.9. The van der Waals surface area contributed by atoms with Crippen molar-refractivity contribution in [3.63, 3.8) is 0 Å². The smallest absolute Gasteiger partial charge is 0.237 e. The summed E-state index contributed by atoms with van der Waals surface area (Å²) in [5, 5.41) is 16.0. The number of nitrogens with two attached hydrogens (primary N) is 1.